The van der Waals surface area contributed by atoms with Gasteiger partial charge in [-0.25, -0.2) is 8.78 Å². The summed E-state index contributed by atoms with van der Waals surface area (Å²) in [6.07, 6.45) is 0. The lowest BCUT2D eigenvalue weighted by Gasteiger charge is -2.15. The predicted octanol–water partition coefficient (Wildman–Crippen LogP) is 4.79. The highest BCUT2D eigenvalue weighted by atomic mass is 19.1. The van der Waals surface area contributed by atoms with Crippen LogP contribution in [0.15, 0.2) is 66.7 Å². The second-order valence-electron chi connectivity index (χ2n) is 4.99. The van der Waals surface area contributed by atoms with E-state index in [2.05, 4.69) is 0 Å². The fraction of sp³-hybridized carbons (Fsp3) is 0.0526. The lowest BCUT2D eigenvalue weighted by atomic mass is 9.90. The Morgan fingerprint density at radius 2 is 1.50 bits per heavy atom. The van der Waals surface area contributed by atoms with Crippen LogP contribution in [-0.4, -0.2) is 5.11 Å². The molecule has 0 spiro atoms. The Hall–Kier alpha value is -2.52. The molecule has 110 valence electrons. The molecule has 0 aromatic heterocycles. The van der Waals surface area contributed by atoms with Gasteiger partial charge in [0.05, 0.1) is 6.61 Å². The quantitative estimate of drug-likeness (QED) is 0.736. The number of rotatable bonds is 3. The van der Waals surface area contributed by atoms with E-state index in [1.165, 1.54) is 18.2 Å². The van der Waals surface area contributed by atoms with E-state index in [1.54, 1.807) is 48.5 Å². The smallest absolute Gasteiger partial charge is 0.131 e. The number of hydrogen-bond acceptors (Lipinski definition) is 1. The van der Waals surface area contributed by atoms with E-state index < -0.39 is 0 Å². The van der Waals surface area contributed by atoms with Crippen molar-refractivity contribution in [2.45, 2.75) is 6.61 Å². The highest BCUT2D eigenvalue weighted by Gasteiger charge is 2.15. The second kappa shape index (κ2) is 6.08. The van der Waals surface area contributed by atoms with Gasteiger partial charge in [0.15, 0.2) is 0 Å². The highest BCUT2D eigenvalue weighted by molar-refractivity contribution is 5.85. The molecule has 0 fully saturated rings. The molecule has 1 N–H and O–H groups in total. The standard InChI is InChI=1S/C19H14F2O/c20-15-7-3-5-13(11-15)16-9-4-6-14(12-22)19(16)17-8-1-2-10-18(17)21/h1-11,22H,12H2. The summed E-state index contributed by atoms with van der Waals surface area (Å²) in [7, 11) is 0. The average Bonchev–Trinajstić information content (AvgIpc) is 2.55. The van der Waals surface area contributed by atoms with E-state index in [4.69, 9.17) is 0 Å². The summed E-state index contributed by atoms with van der Waals surface area (Å²) in [4.78, 5) is 0. The molecule has 1 nitrogen and oxygen atoms in total. The molecule has 0 radical (unpaired) electrons. The third-order valence-corrected chi connectivity index (χ3v) is 3.60. The Bertz CT molecular complexity index is 812. The van der Waals surface area contributed by atoms with Gasteiger partial charge in [-0.15, -0.1) is 0 Å². The van der Waals surface area contributed by atoms with Crippen LogP contribution in [0.2, 0.25) is 0 Å². The number of hydrogen-bond donors (Lipinski definition) is 1. The third kappa shape index (κ3) is 2.63. The van der Waals surface area contributed by atoms with Crippen LogP contribution in [0.3, 0.4) is 0 Å². The fourth-order valence-corrected chi connectivity index (χ4v) is 2.61. The largest absolute Gasteiger partial charge is 0.392 e. The van der Waals surface area contributed by atoms with Crippen molar-refractivity contribution in [3.8, 4) is 22.3 Å². The zero-order chi connectivity index (χ0) is 15.5. The fourth-order valence-electron chi connectivity index (χ4n) is 2.61. The van der Waals surface area contributed by atoms with Crippen LogP contribution in [0.25, 0.3) is 22.3 Å². The maximum atomic E-state index is 14.2. The summed E-state index contributed by atoms with van der Waals surface area (Å²) < 4.78 is 27.7. The van der Waals surface area contributed by atoms with Crippen molar-refractivity contribution in [3.05, 3.63) is 83.9 Å². The Balaban J connectivity index is 2.30. The summed E-state index contributed by atoms with van der Waals surface area (Å²) in [5.74, 6) is -0.729. The summed E-state index contributed by atoms with van der Waals surface area (Å²) >= 11 is 0. The molecule has 0 atom stereocenters. The van der Waals surface area contributed by atoms with Gasteiger partial charge in [-0.1, -0.05) is 48.5 Å². The lowest BCUT2D eigenvalue weighted by molar-refractivity contribution is 0.282. The van der Waals surface area contributed by atoms with Crippen molar-refractivity contribution >= 4 is 0 Å². The van der Waals surface area contributed by atoms with Gasteiger partial charge in [0.2, 0.25) is 0 Å². The molecule has 3 heteroatoms. The molecule has 3 aromatic rings. The molecule has 0 heterocycles. The highest BCUT2D eigenvalue weighted by Crippen LogP contribution is 2.36. The molecule has 0 unspecified atom stereocenters. The third-order valence-electron chi connectivity index (χ3n) is 3.60. The zero-order valence-corrected chi connectivity index (χ0v) is 11.8. The van der Waals surface area contributed by atoms with E-state index in [1.807, 2.05) is 0 Å². The average molecular weight is 296 g/mol. The minimum absolute atomic E-state index is 0.215. The zero-order valence-electron chi connectivity index (χ0n) is 11.8. The Morgan fingerprint density at radius 3 is 2.23 bits per heavy atom. The van der Waals surface area contributed by atoms with Crippen molar-refractivity contribution < 1.29 is 13.9 Å². The van der Waals surface area contributed by atoms with Crippen LogP contribution in [0, 0.1) is 11.6 Å². The Labute approximate surface area is 127 Å². The number of benzene rings is 3. The van der Waals surface area contributed by atoms with Gasteiger partial charge in [0.25, 0.3) is 0 Å². The summed E-state index contributed by atoms with van der Waals surface area (Å²) in [6.45, 7) is -0.215. The van der Waals surface area contributed by atoms with Crippen molar-refractivity contribution in [3.63, 3.8) is 0 Å². The Kier molecular flexibility index (Phi) is 3.98. The Morgan fingerprint density at radius 1 is 0.773 bits per heavy atom. The van der Waals surface area contributed by atoms with Gasteiger partial charge in [-0.05, 0) is 40.5 Å². The van der Waals surface area contributed by atoms with Crippen LogP contribution < -0.4 is 0 Å². The molecule has 0 aliphatic carbocycles. The maximum Gasteiger partial charge on any atom is 0.131 e. The van der Waals surface area contributed by atoms with Crippen LogP contribution >= 0.6 is 0 Å². The van der Waals surface area contributed by atoms with Crippen molar-refractivity contribution in [2.24, 2.45) is 0 Å². The normalized spacial score (nSPS) is 10.7. The minimum atomic E-state index is -0.374. The van der Waals surface area contributed by atoms with E-state index in [-0.39, 0.29) is 18.2 Å². The van der Waals surface area contributed by atoms with Gasteiger partial charge in [-0.3, -0.25) is 0 Å². The summed E-state index contributed by atoms with van der Waals surface area (Å²) in [5, 5.41) is 9.60. The molecular formula is C19H14F2O. The molecule has 0 saturated heterocycles. The molecular weight excluding hydrogens is 282 g/mol. The first-order chi connectivity index (χ1) is 10.7. The first-order valence-electron chi connectivity index (χ1n) is 6.94. The van der Waals surface area contributed by atoms with E-state index in [9.17, 15) is 13.9 Å². The van der Waals surface area contributed by atoms with E-state index >= 15 is 0 Å². The summed E-state index contributed by atoms with van der Waals surface area (Å²) in [5.41, 5.74) is 2.93. The molecule has 22 heavy (non-hydrogen) atoms. The molecule has 3 rings (SSSR count). The second-order valence-corrected chi connectivity index (χ2v) is 4.99. The van der Waals surface area contributed by atoms with Gasteiger partial charge in [0.1, 0.15) is 11.6 Å². The molecule has 0 amide bonds. The monoisotopic (exact) mass is 296 g/mol. The topological polar surface area (TPSA) is 20.2 Å². The first kappa shape index (κ1) is 14.4. The van der Waals surface area contributed by atoms with Gasteiger partial charge in [-0.2, -0.15) is 0 Å². The van der Waals surface area contributed by atoms with Crippen LogP contribution in [0.5, 0.6) is 0 Å². The van der Waals surface area contributed by atoms with Gasteiger partial charge >= 0.3 is 0 Å². The van der Waals surface area contributed by atoms with Crippen LogP contribution in [0.4, 0.5) is 8.78 Å². The molecule has 0 aliphatic heterocycles. The van der Waals surface area contributed by atoms with E-state index in [0.29, 0.717) is 27.8 Å². The van der Waals surface area contributed by atoms with E-state index in [0.717, 1.165) is 0 Å². The number of halogens is 2. The lowest BCUT2D eigenvalue weighted by Crippen LogP contribution is -1.95. The number of aliphatic hydroxyl groups excluding tert-OH is 1. The van der Waals surface area contributed by atoms with Crippen LogP contribution in [-0.2, 0) is 6.61 Å². The van der Waals surface area contributed by atoms with Crippen molar-refractivity contribution in [2.75, 3.05) is 0 Å². The molecule has 0 aliphatic rings. The van der Waals surface area contributed by atoms with Crippen molar-refractivity contribution in [1.82, 2.24) is 0 Å². The predicted molar refractivity (Wildman–Crippen MR) is 83.2 cm³/mol. The van der Waals surface area contributed by atoms with Gasteiger partial charge in [0, 0.05) is 5.56 Å². The minimum Gasteiger partial charge on any atom is -0.392 e. The molecule has 3 aromatic carbocycles. The SMILES string of the molecule is OCc1cccc(-c2cccc(F)c2)c1-c1ccccc1F. The summed E-state index contributed by atoms with van der Waals surface area (Å²) in [6, 6.07) is 17.8. The van der Waals surface area contributed by atoms with Crippen LogP contribution in [0.1, 0.15) is 5.56 Å². The first-order valence-corrected chi connectivity index (χ1v) is 6.94. The molecule has 0 bridgehead atoms. The molecule has 0 saturated carbocycles. The van der Waals surface area contributed by atoms with Gasteiger partial charge < -0.3 is 5.11 Å². The number of aliphatic hydroxyl groups is 1. The van der Waals surface area contributed by atoms with Crippen molar-refractivity contribution in [1.29, 1.82) is 0 Å². The maximum absolute atomic E-state index is 14.2.